The summed E-state index contributed by atoms with van der Waals surface area (Å²) in [4.78, 5) is 16.9. The minimum absolute atomic E-state index is 0.267. The van der Waals surface area contributed by atoms with Crippen molar-refractivity contribution in [3.8, 4) is 22.8 Å². The number of rotatable bonds is 10. The number of aryl methyl sites for hydroxylation is 2. The monoisotopic (exact) mass is 529 g/mol. The average molecular weight is 530 g/mol. The summed E-state index contributed by atoms with van der Waals surface area (Å²) in [5.41, 5.74) is 1.84. The Hall–Kier alpha value is -3.55. The Morgan fingerprint density at radius 3 is 2.21 bits per heavy atom. The van der Waals surface area contributed by atoms with Crippen molar-refractivity contribution in [1.82, 2.24) is 4.98 Å². The first kappa shape index (κ1) is 29.0. The second-order valence-corrected chi connectivity index (χ2v) is 9.60. The van der Waals surface area contributed by atoms with E-state index in [9.17, 15) is 18.0 Å². The Morgan fingerprint density at radius 2 is 1.66 bits per heavy atom. The summed E-state index contributed by atoms with van der Waals surface area (Å²) in [5.74, 6) is 0.764. The van der Waals surface area contributed by atoms with Crippen molar-refractivity contribution in [2.24, 2.45) is 0 Å². The minimum Gasteiger partial charge on any atom is -0.486 e. The van der Waals surface area contributed by atoms with E-state index in [1.807, 2.05) is 26.0 Å². The number of hydrogen-bond donors (Lipinski definition) is 0. The van der Waals surface area contributed by atoms with Gasteiger partial charge < -0.3 is 14.2 Å². The molecule has 204 valence electrons. The molecule has 8 heteroatoms. The molecule has 0 aliphatic heterocycles. The van der Waals surface area contributed by atoms with Gasteiger partial charge in [-0.3, -0.25) is 4.98 Å². The molecule has 38 heavy (non-hydrogen) atoms. The zero-order valence-corrected chi connectivity index (χ0v) is 22.6. The molecule has 0 saturated carbocycles. The van der Waals surface area contributed by atoms with Crippen LogP contribution in [0.2, 0.25) is 0 Å². The molecule has 0 saturated heterocycles. The highest BCUT2D eigenvalue weighted by Gasteiger charge is 2.32. The van der Waals surface area contributed by atoms with Crippen LogP contribution in [0.4, 0.5) is 13.2 Å². The molecule has 0 aliphatic carbocycles. The Morgan fingerprint density at radius 1 is 0.974 bits per heavy atom. The van der Waals surface area contributed by atoms with Crippen LogP contribution >= 0.6 is 0 Å². The number of carbonyl (C=O) groups excluding carboxylic acids is 1. The molecule has 1 aromatic heterocycles. The number of nitrogens with zero attached hydrogens (tertiary/aromatic N) is 1. The first-order chi connectivity index (χ1) is 17.9. The highest BCUT2D eigenvalue weighted by Crippen LogP contribution is 2.34. The lowest BCUT2D eigenvalue weighted by Crippen LogP contribution is -2.39. The van der Waals surface area contributed by atoms with Gasteiger partial charge in [0, 0.05) is 16.8 Å². The SMILES string of the molecule is CCCC(Oc1ccc(OC(C)(C)C(=O)OCC)c(C)c1)c1ccc(-c2ccc(C(F)(F)F)cc2)nc1C. The third kappa shape index (κ3) is 7.05. The summed E-state index contributed by atoms with van der Waals surface area (Å²) >= 11 is 0. The van der Waals surface area contributed by atoms with Gasteiger partial charge in [-0.15, -0.1) is 0 Å². The van der Waals surface area contributed by atoms with Crippen molar-refractivity contribution in [2.75, 3.05) is 6.61 Å². The molecule has 1 atom stereocenters. The molecule has 0 fully saturated rings. The molecule has 0 N–H and O–H groups in total. The molecular weight excluding hydrogens is 495 g/mol. The Labute approximate surface area is 222 Å². The van der Waals surface area contributed by atoms with E-state index in [1.165, 1.54) is 12.1 Å². The molecule has 3 aromatic rings. The highest BCUT2D eigenvalue weighted by molar-refractivity contribution is 5.79. The fourth-order valence-electron chi connectivity index (χ4n) is 4.04. The summed E-state index contributed by atoms with van der Waals surface area (Å²) in [6, 6.07) is 14.1. The minimum atomic E-state index is -4.38. The molecule has 0 spiro atoms. The smallest absolute Gasteiger partial charge is 0.416 e. The van der Waals surface area contributed by atoms with Crippen LogP contribution in [-0.2, 0) is 15.7 Å². The van der Waals surface area contributed by atoms with Crippen LogP contribution in [0.1, 0.15) is 69.0 Å². The maximum Gasteiger partial charge on any atom is 0.416 e. The molecule has 0 aliphatic rings. The van der Waals surface area contributed by atoms with Crippen LogP contribution in [0.3, 0.4) is 0 Å². The normalized spacial score (nSPS) is 12.7. The summed E-state index contributed by atoms with van der Waals surface area (Å²) < 4.78 is 56.1. The number of benzene rings is 2. The molecule has 0 bridgehead atoms. The van der Waals surface area contributed by atoms with Crippen LogP contribution in [-0.4, -0.2) is 23.2 Å². The van der Waals surface area contributed by atoms with E-state index in [0.29, 0.717) is 22.8 Å². The lowest BCUT2D eigenvalue weighted by molar-refractivity contribution is -0.158. The number of pyridine rings is 1. The van der Waals surface area contributed by atoms with Gasteiger partial charge in [0.05, 0.1) is 17.9 Å². The number of ether oxygens (including phenoxy) is 3. The molecule has 0 amide bonds. The Kier molecular flexibility index (Phi) is 9.07. The topological polar surface area (TPSA) is 57.7 Å². The lowest BCUT2D eigenvalue weighted by atomic mass is 10.0. The lowest BCUT2D eigenvalue weighted by Gasteiger charge is -2.26. The van der Waals surface area contributed by atoms with E-state index >= 15 is 0 Å². The number of halogens is 3. The van der Waals surface area contributed by atoms with Crippen molar-refractivity contribution >= 4 is 5.97 Å². The molecule has 2 aromatic carbocycles. The van der Waals surface area contributed by atoms with E-state index in [1.54, 1.807) is 39.0 Å². The predicted octanol–water partition coefficient (Wildman–Crippen LogP) is 8.02. The fourth-order valence-corrected chi connectivity index (χ4v) is 4.04. The van der Waals surface area contributed by atoms with Gasteiger partial charge >= 0.3 is 12.1 Å². The Bertz CT molecular complexity index is 1250. The maximum absolute atomic E-state index is 12.9. The van der Waals surface area contributed by atoms with Crippen molar-refractivity contribution in [3.63, 3.8) is 0 Å². The molecular formula is C30H34F3NO4. The standard InChI is InChI=1S/C30H34F3NO4/c1-7-9-27(37-23-14-17-26(19(3)18-23)38-29(5,6)28(35)36-8-2)24-15-16-25(34-20(24)4)21-10-12-22(13-11-21)30(31,32)33/h10-18,27H,7-9H2,1-6H3. The third-order valence-electron chi connectivity index (χ3n) is 6.09. The van der Waals surface area contributed by atoms with E-state index in [0.717, 1.165) is 41.8 Å². The van der Waals surface area contributed by atoms with Gasteiger partial charge in [0.1, 0.15) is 17.6 Å². The summed E-state index contributed by atoms with van der Waals surface area (Å²) in [6.45, 7) is 11.2. The van der Waals surface area contributed by atoms with E-state index in [-0.39, 0.29) is 12.7 Å². The summed E-state index contributed by atoms with van der Waals surface area (Å²) in [5, 5.41) is 0. The molecule has 3 rings (SSSR count). The van der Waals surface area contributed by atoms with Gasteiger partial charge in [0.2, 0.25) is 0 Å². The van der Waals surface area contributed by atoms with Gasteiger partial charge in [-0.05, 0) is 83.0 Å². The second-order valence-electron chi connectivity index (χ2n) is 9.60. The first-order valence-corrected chi connectivity index (χ1v) is 12.6. The molecule has 0 radical (unpaired) electrons. The number of aromatic nitrogens is 1. The van der Waals surface area contributed by atoms with Crippen molar-refractivity contribution in [1.29, 1.82) is 0 Å². The maximum atomic E-state index is 12.9. The quantitative estimate of drug-likeness (QED) is 0.249. The number of hydrogen-bond acceptors (Lipinski definition) is 5. The van der Waals surface area contributed by atoms with Crippen molar-refractivity contribution in [2.45, 2.75) is 72.3 Å². The summed E-state index contributed by atoms with van der Waals surface area (Å²) in [6.07, 6.45) is -3.03. The Balaban J connectivity index is 1.80. The van der Waals surface area contributed by atoms with Gasteiger partial charge in [0.25, 0.3) is 0 Å². The predicted molar refractivity (Wildman–Crippen MR) is 140 cm³/mol. The van der Waals surface area contributed by atoms with Crippen LogP contribution in [0.5, 0.6) is 11.5 Å². The van der Waals surface area contributed by atoms with Crippen LogP contribution in [0.15, 0.2) is 54.6 Å². The zero-order valence-electron chi connectivity index (χ0n) is 22.6. The van der Waals surface area contributed by atoms with E-state index in [4.69, 9.17) is 14.2 Å². The van der Waals surface area contributed by atoms with Gasteiger partial charge in [-0.2, -0.15) is 13.2 Å². The van der Waals surface area contributed by atoms with Crippen LogP contribution in [0, 0.1) is 13.8 Å². The number of carbonyl (C=O) groups is 1. The second kappa shape index (κ2) is 11.9. The van der Waals surface area contributed by atoms with Gasteiger partial charge in [-0.25, -0.2) is 4.79 Å². The molecule has 1 unspecified atom stereocenters. The van der Waals surface area contributed by atoms with E-state index in [2.05, 4.69) is 11.9 Å². The summed E-state index contributed by atoms with van der Waals surface area (Å²) in [7, 11) is 0. The molecule has 5 nitrogen and oxygen atoms in total. The average Bonchev–Trinajstić information content (AvgIpc) is 2.85. The zero-order chi connectivity index (χ0) is 28.1. The molecule has 1 heterocycles. The fraction of sp³-hybridized carbons (Fsp3) is 0.400. The van der Waals surface area contributed by atoms with Gasteiger partial charge in [-0.1, -0.05) is 31.5 Å². The van der Waals surface area contributed by atoms with Crippen LogP contribution < -0.4 is 9.47 Å². The first-order valence-electron chi connectivity index (χ1n) is 12.6. The van der Waals surface area contributed by atoms with Crippen LogP contribution in [0.25, 0.3) is 11.3 Å². The largest absolute Gasteiger partial charge is 0.486 e. The third-order valence-corrected chi connectivity index (χ3v) is 6.09. The van der Waals surface area contributed by atoms with Crippen molar-refractivity contribution < 1.29 is 32.2 Å². The van der Waals surface area contributed by atoms with Gasteiger partial charge in [0.15, 0.2) is 5.60 Å². The highest BCUT2D eigenvalue weighted by atomic mass is 19.4. The van der Waals surface area contributed by atoms with E-state index < -0.39 is 23.3 Å². The van der Waals surface area contributed by atoms with Crippen molar-refractivity contribution in [3.05, 3.63) is 77.0 Å². The number of esters is 1. The number of alkyl halides is 3.